The first-order chi connectivity index (χ1) is 11.6. The van der Waals surface area contributed by atoms with Gasteiger partial charge in [0.05, 0.1) is 25.6 Å². The smallest absolute Gasteiger partial charge is 0.283 e. The van der Waals surface area contributed by atoms with E-state index in [1.807, 2.05) is 0 Å². The number of hydroxylamine groups is 2. The number of hydrogen-bond donors (Lipinski definition) is 0. The van der Waals surface area contributed by atoms with Crippen LogP contribution in [0.1, 0.15) is 28.8 Å². The number of carbonyl (C=O) groups excluding carboxylic acids is 1. The summed E-state index contributed by atoms with van der Waals surface area (Å²) in [6.45, 7) is 2.74. The molecular weight excluding hydrogens is 310 g/mol. The molecule has 0 aromatic carbocycles. The molecule has 0 radical (unpaired) electrons. The molecule has 1 aliphatic heterocycles. The lowest BCUT2D eigenvalue weighted by Crippen LogP contribution is -2.40. The van der Waals surface area contributed by atoms with E-state index in [4.69, 9.17) is 9.57 Å². The van der Waals surface area contributed by atoms with Gasteiger partial charge >= 0.3 is 0 Å². The van der Waals surface area contributed by atoms with Gasteiger partial charge in [0.1, 0.15) is 5.56 Å². The Bertz CT molecular complexity index is 792. The maximum atomic E-state index is 12.8. The highest BCUT2D eigenvalue weighted by Crippen LogP contribution is 2.14. The summed E-state index contributed by atoms with van der Waals surface area (Å²) in [5, 5.41) is 1.28. The molecule has 0 saturated carbocycles. The molecule has 0 bridgehead atoms. The lowest BCUT2D eigenvalue weighted by atomic mass is 10.1. The Morgan fingerprint density at radius 2 is 2.12 bits per heavy atom. The third-order valence-corrected chi connectivity index (χ3v) is 3.95. The van der Waals surface area contributed by atoms with Crippen LogP contribution < -0.4 is 10.3 Å². The van der Waals surface area contributed by atoms with E-state index in [2.05, 4.69) is 4.98 Å². The largest absolute Gasteiger partial charge is 0.481 e. The van der Waals surface area contributed by atoms with Gasteiger partial charge in [-0.15, -0.1) is 0 Å². The van der Waals surface area contributed by atoms with E-state index in [9.17, 15) is 9.59 Å². The number of ether oxygens (including phenoxy) is 1. The Balaban J connectivity index is 2.01. The molecule has 7 heteroatoms. The molecule has 126 valence electrons. The highest BCUT2D eigenvalue weighted by atomic mass is 16.7. The fourth-order valence-corrected chi connectivity index (χ4v) is 2.61. The van der Waals surface area contributed by atoms with Crippen molar-refractivity contribution in [3.8, 4) is 11.6 Å². The summed E-state index contributed by atoms with van der Waals surface area (Å²) < 4.78 is 6.42. The summed E-state index contributed by atoms with van der Waals surface area (Å²) in [6.07, 6.45) is 4.95. The van der Waals surface area contributed by atoms with Crippen LogP contribution >= 0.6 is 0 Å². The number of aryl methyl sites for hydroxylation is 1. The number of methoxy groups -OCH3 is 1. The van der Waals surface area contributed by atoms with Gasteiger partial charge in [-0.2, -0.15) is 0 Å². The second-order valence-corrected chi connectivity index (χ2v) is 5.56. The van der Waals surface area contributed by atoms with Crippen LogP contribution in [-0.4, -0.2) is 40.8 Å². The predicted molar refractivity (Wildman–Crippen MR) is 87.3 cm³/mol. The number of aromatic nitrogens is 2. The van der Waals surface area contributed by atoms with Crippen molar-refractivity contribution in [1.29, 1.82) is 0 Å². The lowest BCUT2D eigenvalue weighted by molar-refractivity contribution is -0.144. The number of pyridine rings is 2. The van der Waals surface area contributed by atoms with Crippen LogP contribution in [0.3, 0.4) is 0 Å². The molecule has 0 atom stereocenters. The molecule has 0 unspecified atom stereocenters. The fourth-order valence-electron chi connectivity index (χ4n) is 2.61. The third-order valence-electron chi connectivity index (χ3n) is 3.95. The number of carbonyl (C=O) groups is 1. The van der Waals surface area contributed by atoms with Crippen molar-refractivity contribution >= 4 is 5.91 Å². The summed E-state index contributed by atoms with van der Waals surface area (Å²) >= 11 is 0. The van der Waals surface area contributed by atoms with Crippen molar-refractivity contribution in [2.45, 2.75) is 19.8 Å². The van der Waals surface area contributed by atoms with Gasteiger partial charge in [-0.25, -0.2) is 10.0 Å². The monoisotopic (exact) mass is 329 g/mol. The highest BCUT2D eigenvalue weighted by Gasteiger charge is 2.24. The summed E-state index contributed by atoms with van der Waals surface area (Å²) in [7, 11) is 1.52. The Labute approximate surface area is 139 Å². The van der Waals surface area contributed by atoms with Crippen molar-refractivity contribution in [3.63, 3.8) is 0 Å². The van der Waals surface area contributed by atoms with E-state index >= 15 is 0 Å². The van der Waals surface area contributed by atoms with Crippen molar-refractivity contribution in [2.75, 3.05) is 20.3 Å². The van der Waals surface area contributed by atoms with Crippen molar-refractivity contribution in [2.24, 2.45) is 0 Å². The van der Waals surface area contributed by atoms with Crippen LogP contribution in [0, 0.1) is 6.92 Å². The minimum Gasteiger partial charge on any atom is -0.481 e. The maximum Gasteiger partial charge on any atom is 0.283 e. The SMILES string of the molecule is COc1ccc(-n2ccc(C)c(C(=O)N3CCCCO3)c2=O)cn1. The summed E-state index contributed by atoms with van der Waals surface area (Å²) in [5.74, 6) is 0.0601. The second kappa shape index (κ2) is 6.84. The van der Waals surface area contributed by atoms with Gasteiger partial charge in [0, 0.05) is 18.8 Å². The van der Waals surface area contributed by atoms with E-state index in [0.717, 1.165) is 12.8 Å². The van der Waals surface area contributed by atoms with E-state index in [1.165, 1.54) is 22.9 Å². The van der Waals surface area contributed by atoms with Gasteiger partial charge in [-0.1, -0.05) is 0 Å². The van der Waals surface area contributed by atoms with Gasteiger partial charge in [-0.3, -0.25) is 19.0 Å². The normalized spacial score (nSPS) is 14.5. The molecule has 2 aromatic rings. The maximum absolute atomic E-state index is 12.8. The first kappa shape index (κ1) is 16.2. The molecule has 1 amide bonds. The van der Waals surface area contributed by atoms with E-state index in [-0.39, 0.29) is 11.1 Å². The third kappa shape index (κ3) is 3.03. The van der Waals surface area contributed by atoms with E-state index in [1.54, 1.807) is 31.3 Å². The van der Waals surface area contributed by atoms with Crippen LogP contribution in [-0.2, 0) is 4.84 Å². The Kier molecular flexibility index (Phi) is 4.61. The Morgan fingerprint density at radius 3 is 2.75 bits per heavy atom. The molecular formula is C17H19N3O4. The average Bonchev–Trinajstić information content (AvgIpc) is 2.63. The molecule has 1 fully saturated rings. The number of hydrogen-bond acceptors (Lipinski definition) is 5. The molecule has 24 heavy (non-hydrogen) atoms. The van der Waals surface area contributed by atoms with Crippen LogP contribution in [0.5, 0.6) is 5.88 Å². The number of rotatable bonds is 3. The number of nitrogens with zero attached hydrogens (tertiary/aromatic N) is 3. The molecule has 0 aliphatic carbocycles. The Hall–Kier alpha value is -2.67. The van der Waals surface area contributed by atoms with Gasteiger partial charge in [-0.05, 0) is 37.5 Å². The fraction of sp³-hybridized carbons (Fsp3) is 0.353. The predicted octanol–water partition coefficient (Wildman–Crippen LogP) is 1.72. The molecule has 3 rings (SSSR count). The molecule has 3 heterocycles. The van der Waals surface area contributed by atoms with Gasteiger partial charge in [0.25, 0.3) is 11.5 Å². The van der Waals surface area contributed by atoms with Crippen molar-refractivity contribution < 1.29 is 14.4 Å². The molecule has 0 spiro atoms. The van der Waals surface area contributed by atoms with E-state index in [0.29, 0.717) is 30.3 Å². The average molecular weight is 329 g/mol. The molecule has 1 aliphatic rings. The summed E-state index contributed by atoms with van der Waals surface area (Å²) in [4.78, 5) is 35.0. The first-order valence-electron chi connectivity index (χ1n) is 7.79. The van der Waals surface area contributed by atoms with Crippen molar-refractivity contribution in [1.82, 2.24) is 14.6 Å². The minimum absolute atomic E-state index is 0.121. The topological polar surface area (TPSA) is 73.7 Å². The Morgan fingerprint density at radius 1 is 1.29 bits per heavy atom. The standard InChI is InChI=1S/C17H19N3O4/c1-12-7-9-19(13-5-6-14(23-2)18-11-13)16(21)15(12)17(22)20-8-3-4-10-24-20/h5-7,9,11H,3-4,8,10H2,1-2H3. The minimum atomic E-state index is -0.395. The first-order valence-corrected chi connectivity index (χ1v) is 7.79. The lowest BCUT2D eigenvalue weighted by Gasteiger charge is -2.26. The van der Waals surface area contributed by atoms with E-state index < -0.39 is 5.91 Å². The molecule has 1 saturated heterocycles. The quantitative estimate of drug-likeness (QED) is 0.857. The molecule has 7 nitrogen and oxygen atoms in total. The van der Waals surface area contributed by atoms with Gasteiger partial charge in [0.15, 0.2) is 0 Å². The zero-order chi connectivity index (χ0) is 17.1. The highest BCUT2D eigenvalue weighted by molar-refractivity contribution is 5.94. The second-order valence-electron chi connectivity index (χ2n) is 5.56. The van der Waals surface area contributed by atoms with Gasteiger partial charge < -0.3 is 4.74 Å². The zero-order valence-electron chi connectivity index (χ0n) is 13.7. The number of amides is 1. The van der Waals surface area contributed by atoms with Crippen molar-refractivity contribution in [3.05, 3.63) is 52.1 Å². The zero-order valence-corrected chi connectivity index (χ0v) is 13.7. The van der Waals surface area contributed by atoms with Gasteiger partial charge in [0.2, 0.25) is 5.88 Å². The van der Waals surface area contributed by atoms with Crippen LogP contribution in [0.15, 0.2) is 35.4 Å². The van der Waals surface area contributed by atoms with Crippen LogP contribution in [0.25, 0.3) is 5.69 Å². The summed E-state index contributed by atoms with van der Waals surface area (Å²) in [6, 6.07) is 5.12. The van der Waals surface area contributed by atoms with Crippen LogP contribution in [0.2, 0.25) is 0 Å². The van der Waals surface area contributed by atoms with Crippen LogP contribution in [0.4, 0.5) is 0 Å². The summed E-state index contributed by atoms with van der Waals surface area (Å²) in [5.41, 5.74) is 0.919. The molecule has 0 N–H and O–H groups in total. The molecule has 2 aromatic heterocycles.